The first-order valence-electron chi connectivity index (χ1n) is 12.2. The molecule has 6 heteroatoms. The normalized spacial score (nSPS) is 15.9. The molecule has 0 fully saturated rings. The minimum absolute atomic E-state index is 0.214. The molecule has 1 aliphatic rings. The van der Waals surface area contributed by atoms with E-state index >= 15 is 0 Å². The quantitative estimate of drug-likeness (QED) is 0.299. The summed E-state index contributed by atoms with van der Waals surface area (Å²) in [4.78, 5) is 6.89. The van der Waals surface area contributed by atoms with E-state index in [9.17, 15) is 0 Å². The summed E-state index contributed by atoms with van der Waals surface area (Å²) in [5.74, 6) is 1.05. The Hall–Kier alpha value is -3.77. The van der Waals surface area contributed by atoms with Crippen LogP contribution in [0.25, 0.3) is 17.0 Å². The number of allylic oxidation sites excluding steroid dienone is 1. The van der Waals surface area contributed by atoms with Crippen molar-refractivity contribution in [2.24, 2.45) is 0 Å². The van der Waals surface area contributed by atoms with E-state index in [0.29, 0.717) is 16.8 Å². The molecule has 1 aromatic heterocycles. The van der Waals surface area contributed by atoms with Gasteiger partial charge in [0.1, 0.15) is 0 Å². The lowest BCUT2D eigenvalue weighted by Gasteiger charge is -2.37. The third-order valence-corrected chi connectivity index (χ3v) is 7.22. The highest BCUT2D eigenvalue weighted by atomic mass is 32.1. The maximum Gasteiger partial charge on any atom is 0.258 e. The molecule has 0 radical (unpaired) electrons. The monoisotopic (exact) mass is 494 g/mol. The molecule has 1 unspecified atom stereocenters. The lowest BCUT2D eigenvalue weighted by molar-refractivity contribution is 0.404. The van der Waals surface area contributed by atoms with Crippen molar-refractivity contribution in [1.29, 1.82) is 0 Å². The van der Waals surface area contributed by atoms with Crippen molar-refractivity contribution in [1.82, 2.24) is 15.5 Å². The molecule has 5 nitrogen and oxygen atoms in total. The van der Waals surface area contributed by atoms with Crippen LogP contribution in [0, 0.1) is 20.8 Å². The summed E-state index contributed by atoms with van der Waals surface area (Å²) < 4.78 is 5.89. The van der Waals surface area contributed by atoms with Crippen LogP contribution in [0.2, 0.25) is 0 Å². The molecule has 0 saturated carbocycles. The van der Waals surface area contributed by atoms with Crippen LogP contribution in [0.4, 0.5) is 5.69 Å². The number of nitrogens with one attached hydrogen (secondary N) is 1. The lowest BCUT2D eigenvalue weighted by Crippen LogP contribution is -2.46. The Morgan fingerprint density at radius 3 is 2.31 bits per heavy atom. The number of hydrogen-bond acceptors (Lipinski definition) is 4. The summed E-state index contributed by atoms with van der Waals surface area (Å²) >= 11 is 5.89. The van der Waals surface area contributed by atoms with Crippen molar-refractivity contribution in [3.8, 4) is 11.4 Å². The van der Waals surface area contributed by atoms with Gasteiger partial charge < -0.3 is 9.84 Å². The number of aromatic nitrogens is 2. The van der Waals surface area contributed by atoms with Crippen molar-refractivity contribution in [2.45, 2.75) is 47.1 Å². The van der Waals surface area contributed by atoms with Gasteiger partial charge in [-0.15, -0.1) is 0 Å². The average Bonchev–Trinajstić information content (AvgIpc) is 3.36. The van der Waals surface area contributed by atoms with Crippen molar-refractivity contribution in [2.75, 3.05) is 4.90 Å². The van der Waals surface area contributed by atoms with Gasteiger partial charge in [-0.1, -0.05) is 72.2 Å². The first-order valence-corrected chi connectivity index (χ1v) is 12.6. The number of benzene rings is 3. The van der Waals surface area contributed by atoms with Gasteiger partial charge in [-0.2, -0.15) is 4.98 Å². The third kappa shape index (κ3) is 4.44. The van der Waals surface area contributed by atoms with Gasteiger partial charge in [0, 0.05) is 16.9 Å². The Morgan fingerprint density at radius 2 is 1.64 bits per heavy atom. The van der Waals surface area contributed by atoms with E-state index in [0.717, 1.165) is 34.5 Å². The average molecular weight is 495 g/mol. The fourth-order valence-corrected chi connectivity index (χ4v) is 4.92. The molecule has 0 amide bonds. The maximum atomic E-state index is 5.89. The van der Waals surface area contributed by atoms with E-state index in [1.54, 1.807) is 0 Å². The van der Waals surface area contributed by atoms with E-state index in [1.807, 2.05) is 12.1 Å². The van der Waals surface area contributed by atoms with Gasteiger partial charge in [-0.25, -0.2) is 0 Å². The molecule has 0 aliphatic carbocycles. The molecule has 4 aromatic rings. The number of thiocarbonyl (C=S) groups is 1. The Labute approximate surface area is 217 Å². The third-order valence-electron chi connectivity index (χ3n) is 6.92. The molecule has 3 aromatic carbocycles. The first kappa shape index (κ1) is 23.9. The van der Waals surface area contributed by atoms with E-state index in [4.69, 9.17) is 21.7 Å². The second-order valence-corrected chi connectivity index (χ2v) is 9.76. The Bertz CT molecular complexity index is 1450. The molecule has 1 atom stereocenters. The number of nitrogens with zero attached hydrogens (tertiary/aromatic N) is 3. The number of rotatable bonds is 5. The molecule has 36 heavy (non-hydrogen) atoms. The van der Waals surface area contributed by atoms with Gasteiger partial charge in [-0.3, -0.25) is 4.90 Å². The predicted molar refractivity (Wildman–Crippen MR) is 150 cm³/mol. The Balaban J connectivity index is 1.65. The first-order chi connectivity index (χ1) is 17.4. The second kappa shape index (κ2) is 9.70. The summed E-state index contributed by atoms with van der Waals surface area (Å²) in [7, 11) is 0. The van der Waals surface area contributed by atoms with E-state index in [-0.39, 0.29) is 6.04 Å². The highest BCUT2D eigenvalue weighted by molar-refractivity contribution is 7.80. The summed E-state index contributed by atoms with van der Waals surface area (Å²) in [5.41, 5.74) is 9.83. The lowest BCUT2D eigenvalue weighted by atomic mass is 9.92. The fraction of sp³-hybridized carbons (Fsp3) is 0.233. The van der Waals surface area contributed by atoms with Crippen LogP contribution < -0.4 is 10.2 Å². The smallest absolute Gasteiger partial charge is 0.258 e. The Morgan fingerprint density at radius 1 is 0.917 bits per heavy atom. The van der Waals surface area contributed by atoms with Gasteiger partial charge in [0.15, 0.2) is 5.11 Å². The van der Waals surface area contributed by atoms with Gasteiger partial charge >= 0.3 is 0 Å². The topological polar surface area (TPSA) is 54.2 Å². The minimum atomic E-state index is -0.214. The van der Waals surface area contributed by atoms with Crippen LogP contribution >= 0.6 is 12.2 Å². The van der Waals surface area contributed by atoms with Crippen molar-refractivity contribution in [3.63, 3.8) is 0 Å². The molecule has 0 spiro atoms. The summed E-state index contributed by atoms with van der Waals surface area (Å²) in [5, 5.41) is 8.53. The van der Waals surface area contributed by atoms with E-state index in [1.165, 1.54) is 22.3 Å². The standard InChI is InChI=1S/C30H30N4OS/c1-6-22-10-15-25(16-11-22)34-21(5)26(27(31-30(34)36)24-14-9-19(3)20(4)17-24)29-32-28(33-35-29)23-12-7-18(2)8-13-23/h7-17,27H,6H2,1-5H3,(H,31,36). The number of hydrogen-bond donors (Lipinski definition) is 1. The summed E-state index contributed by atoms with van der Waals surface area (Å²) in [6.07, 6.45) is 0.988. The van der Waals surface area contributed by atoms with Crippen LogP contribution in [0.15, 0.2) is 77.0 Å². The molecular weight excluding hydrogens is 464 g/mol. The van der Waals surface area contributed by atoms with Gasteiger partial charge in [0.05, 0.1) is 11.6 Å². The van der Waals surface area contributed by atoms with E-state index in [2.05, 4.69) is 105 Å². The van der Waals surface area contributed by atoms with Gasteiger partial charge in [-0.05, 0) is 80.7 Å². The zero-order valence-corrected chi connectivity index (χ0v) is 22.1. The molecular formula is C30H30N4OS. The van der Waals surface area contributed by atoms with Crippen molar-refractivity contribution >= 4 is 28.6 Å². The molecule has 1 N–H and O–H groups in total. The summed E-state index contributed by atoms with van der Waals surface area (Å²) in [6.45, 7) is 10.5. The van der Waals surface area contributed by atoms with Gasteiger partial charge in [0.25, 0.3) is 5.89 Å². The fourth-order valence-electron chi connectivity index (χ4n) is 4.56. The molecule has 0 saturated heterocycles. The largest absolute Gasteiger partial charge is 0.351 e. The van der Waals surface area contributed by atoms with Crippen LogP contribution in [-0.2, 0) is 6.42 Å². The number of anilines is 1. The zero-order valence-electron chi connectivity index (χ0n) is 21.3. The van der Waals surface area contributed by atoms with E-state index < -0.39 is 0 Å². The highest BCUT2D eigenvalue weighted by Gasteiger charge is 2.35. The summed E-state index contributed by atoms with van der Waals surface area (Å²) in [6, 6.07) is 22.9. The van der Waals surface area contributed by atoms with Crippen LogP contribution in [0.5, 0.6) is 0 Å². The molecule has 182 valence electrons. The molecule has 2 heterocycles. The maximum absolute atomic E-state index is 5.89. The predicted octanol–water partition coefficient (Wildman–Crippen LogP) is 7.09. The van der Waals surface area contributed by atoms with Crippen LogP contribution in [0.1, 0.15) is 53.6 Å². The second-order valence-electron chi connectivity index (χ2n) is 9.37. The molecule has 5 rings (SSSR count). The zero-order chi connectivity index (χ0) is 25.4. The van der Waals surface area contributed by atoms with Gasteiger partial charge in [0.2, 0.25) is 5.82 Å². The molecule has 1 aliphatic heterocycles. The van der Waals surface area contributed by atoms with Crippen molar-refractivity contribution in [3.05, 3.63) is 106 Å². The SMILES string of the molecule is CCc1ccc(N2C(=S)NC(c3ccc(C)c(C)c3)C(c3nc(-c4ccc(C)cc4)no3)=C2C)cc1. The highest BCUT2D eigenvalue weighted by Crippen LogP contribution is 2.39. The van der Waals surface area contributed by atoms with Crippen molar-refractivity contribution < 1.29 is 4.52 Å². The van der Waals surface area contributed by atoms with Crippen LogP contribution in [0.3, 0.4) is 0 Å². The molecule has 0 bridgehead atoms. The van der Waals surface area contributed by atoms with Crippen LogP contribution in [-0.4, -0.2) is 15.3 Å². The number of aryl methyl sites for hydroxylation is 4. The minimum Gasteiger partial charge on any atom is -0.351 e. The Kier molecular flexibility index (Phi) is 6.46.